The summed E-state index contributed by atoms with van der Waals surface area (Å²) in [5.74, 6) is 0.882. The van der Waals surface area contributed by atoms with Crippen LogP contribution in [0, 0.1) is 0 Å². The van der Waals surface area contributed by atoms with Crippen molar-refractivity contribution in [3.63, 3.8) is 0 Å². The molecule has 0 aliphatic heterocycles. The van der Waals surface area contributed by atoms with Gasteiger partial charge in [-0.25, -0.2) is 4.98 Å². The zero-order valence-electron chi connectivity index (χ0n) is 9.28. The third-order valence-corrected chi connectivity index (χ3v) is 2.85. The Balaban J connectivity index is 1.79. The molecule has 0 spiro atoms. The van der Waals surface area contributed by atoms with Gasteiger partial charge in [-0.15, -0.1) is 0 Å². The summed E-state index contributed by atoms with van der Waals surface area (Å²) in [6.07, 6.45) is 2.64. The molecule has 1 saturated carbocycles. The minimum absolute atomic E-state index is 0.200. The lowest BCUT2D eigenvalue weighted by molar-refractivity contribution is 0.337. The molecule has 1 aromatic heterocycles. The molecule has 6 heteroatoms. The lowest BCUT2D eigenvalue weighted by Crippen LogP contribution is -2.27. The maximum absolute atomic E-state index is 5.77. The van der Waals surface area contributed by atoms with E-state index in [1.54, 1.807) is 6.07 Å². The standard InChI is InChI=1S/C10H16ClN5/c1-16(7-2-3-7)5-4-13-9-6-8(11)14-10(12)15-9/h6-7H,2-5H2,1H3,(H3,12,13,14,15). The van der Waals surface area contributed by atoms with Gasteiger partial charge in [-0.2, -0.15) is 4.98 Å². The van der Waals surface area contributed by atoms with Crippen LogP contribution in [0.25, 0.3) is 0 Å². The van der Waals surface area contributed by atoms with Gasteiger partial charge in [0.2, 0.25) is 5.95 Å². The summed E-state index contributed by atoms with van der Waals surface area (Å²) < 4.78 is 0. The van der Waals surface area contributed by atoms with Crippen LogP contribution in [0.2, 0.25) is 5.15 Å². The summed E-state index contributed by atoms with van der Waals surface area (Å²) >= 11 is 5.77. The van der Waals surface area contributed by atoms with Crippen LogP contribution in [0.15, 0.2) is 6.07 Å². The summed E-state index contributed by atoms with van der Waals surface area (Å²) in [4.78, 5) is 10.2. The van der Waals surface area contributed by atoms with Gasteiger partial charge in [-0.3, -0.25) is 0 Å². The Kier molecular flexibility index (Phi) is 3.46. The minimum Gasteiger partial charge on any atom is -0.369 e. The van der Waals surface area contributed by atoms with Gasteiger partial charge in [0.15, 0.2) is 0 Å². The number of nitrogen functional groups attached to an aromatic ring is 1. The number of hydrogen-bond donors (Lipinski definition) is 2. The van der Waals surface area contributed by atoms with E-state index in [1.807, 2.05) is 0 Å². The Hall–Kier alpha value is -1.07. The fourth-order valence-corrected chi connectivity index (χ4v) is 1.77. The number of rotatable bonds is 5. The van der Waals surface area contributed by atoms with Crippen molar-refractivity contribution in [2.45, 2.75) is 18.9 Å². The smallest absolute Gasteiger partial charge is 0.223 e. The molecule has 16 heavy (non-hydrogen) atoms. The summed E-state index contributed by atoms with van der Waals surface area (Å²) in [6, 6.07) is 2.45. The molecule has 0 unspecified atom stereocenters. The van der Waals surface area contributed by atoms with Crippen LogP contribution in [0.1, 0.15) is 12.8 Å². The number of anilines is 2. The molecule has 0 saturated heterocycles. The molecule has 1 aliphatic rings. The first-order valence-electron chi connectivity index (χ1n) is 5.39. The maximum Gasteiger partial charge on any atom is 0.223 e. The minimum atomic E-state index is 0.200. The number of hydrogen-bond acceptors (Lipinski definition) is 5. The number of likely N-dealkylation sites (N-methyl/N-ethyl adjacent to an activating group) is 1. The maximum atomic E-state index is 5.77. The molecule has 5 nitrogen and oxygen atoms in total. The average Bonchev–Trinajstić information content (AvgIpc) is 2.98. The van der Waals surface area contributed by atoms with Crippen molar-refractivity contribution in [2.24, 2.45) is 0 Å². The number of nitrogens with zero attached hydrogens (tertiary/aromatic N) is 3. The SMILES string of the molecule is CN(CCNc1cc(Cl)nc(N)n1)C1CC1. The van der Waals surface area contributed by atoms with E-state index in [-0.39, 0.29) is 5.95 Å². The van der Waals surface area contributed by atoms with Crippen LogP contribution in [0.3, 0.4) is 0 Å². The van der Waals surface area contributed by atoms with Crippen LogP contribution in [-0.2, 0) is 0 Å². The van der Waals surface area contributed by atoms with Crippen molar-refractivity contribution in [1.29, 1.82) is 0 Å². The second-order valence-electron chi connectivity index (χ2n) is 4.07. The quantitative estimate of drug-likeness (QED) is 0.759. The second-order valence-corrected chi connectivity index (χ2v) is 4.46. The van der Waals surface area contributed by atoms with Crippen LogP contribution < -0.4 is 11.1 Å². The molecule has 1 heterocycles. The molecule has 3 N–H and O–H groups in total. The number of nitrogens with one attached hydrogen (secondary N) is 1. The largest absolute Gasteiger partial charge is 0.369 e. The predicted molar refractivity (Wildman–Crippen MR) is 65.6 cm³/mol. The van der Waals surface area contributed by atoms with Gasteiger partial charge in [0.1, 0.15) is 11.0 Å². The van der Waals surface area contributed by atoms with E-state index in [2.05, 4.69) is 27.2 Å². The first-order chi connectivity index (χ1) is 7.65. The number of nitrogens with two attached hydrogens (primary N) is 1. The average molecular weight is 242 g/mol. The highest BCUT2D eigenvalue weighted by Gasteiger charge is 2.25. The fourth-order valence-electron chi connectivity index (χ4n) is 1.58. The van der Waals surface area contributed by atoms with Gasteiger partial charge >= 0.3 is 0 Å². The molecular weight excluding hydrogens is 226 g/mol. The van der Waals surface area contributed by atoms with Crippen molar-refractivity contribution in [3.8, 4) is 0 Å². The molecule has 0 bridgehead atoms. The van der Waals surface area contributed by atoms with Crippen molar-refractivity contribution >= 4 is 23.4 Å². The molecule has 1 aromatic rings. The topological polar surface area (TPSA) is 67.1 Å². The van der Waals surface area contributed by atoms with E-state index < -0.39 is 0 Å². The van der Waals surface area contributed by atoms with Gasteiger partial charge in [0.05, 0.1) is 0 Å². The van der Waals surface area contributed by atoms with Gasteiger partial charge in [0, 0.05) is 25.2 Å². The van der Waals surface area contributed by atoms with E-state index in [0.717, 1.165) is 19.1 Å². The van der Waals surface area contributed by atoms with Crippen LogP contribution in [0.5, 0.6) is 0 Å². The highest BCUT2D eigenvalue weighted by Crippen LogP contribution is 2.24. The van der Waals surface area contributed by atoms with Gasteiger partial charge in [0.25, 0.3) is 0 Å². The summed E-state index contributed by atoms with van der Waals surface area (Å²) in [6.45, 7) is 1.83. The first-order valence-corrected chi connectivity index (χ1v) is 5.77. The van der Waals surface area contributed by atoms with Crippen molar-refractivity contribution in [3.05, 3.63) is 11.2 Å². The second kappa shape index (κ2) is 4.84. The van der Waals surface area contributed by atoms with Gasteiger partial charge < -0.3 is 16.0 Å². The van der Waals surface area contributed by atoms with E-state index in [9.17, 15) is 0 Å². The fraction of sp³-hybridized carbons (Fsp3) is 0.600. The third kappa shape index (κ3) is 3.21. The third-order valence-electron chi connectivity index (χ3n) is 2.65. The lowest BCUT2D eigenvalue weighted by Gasteiger charge is -2.15. The van der Waals surface area contributed by atoms with Gasteiger partial charge in [-0.05, 0) is 19.9 Å². The Morgan fingerprint density at radius 2 is 2.31 bits per heavy atom. The lowest BCUT2D eigenvalue weighted by atomic mass is 10.5. The van der Waals surface area contributed by atoms with Crippen molar-refractivity contribution < 1.29 is 0 Å². The predicted octanol–water partition coefficient (Wildman–Crippen LogP) is 1.22. The first kappa shape index (κ1) is 11.4. The summed E-state index contributed by atoms with van der Waals surface area (Å²) in [7, 11) is 2.14. The molecule has 1 aliphatic carbocycles. The highest BCUT2D eigenvalue weighted by atomic mass is 35.5. The Morgan fingerprint density at radius 3 is 2.94 bits per heavy atom. The van der Waals surface area contributed by atoms with Crippen LogP contribution >= 0.6 is 11.6 Å². The molecule has 1 fully saturated rings. The Morgan fingerprint density at radius 1 is 1.56 bits per heavy atom. The highest BCUT2D eigenvalue weighted by molar-refractivity contribution is 6.29. The monoisotopic (exact) mass is 241 g/mol. The van der Waals surface area contributed by atoms with Gasteiger partial charge in [-0.1, -0.05) is 11.6 Å². The molecule has 0 amide bonds. The van der Waals surface area contributed by atoms with Crippen molar-refractivity contribution in [1.82, 2.24) is 14.9 Å². The summed E-state index contributed by atoms with van der Waals surface area (Å²) in [5, 5.41) is 3.55. The molecule has 88 valence electrons. The zero-order valence-corrected chi connectivity index (χ0v) is 10.0. The van der Waals surface area contributed by atoms with Crippen molar-refractivity contribution in [2.75, 3.05) is 31.2 Å². The van der Waals surface area contributed by atoms with E-state index in [0.29, 0.717) is 11.0 Å². The number of halogens is 1. The Bertz CT molecular complexity index is 346. The Labute approximate surface area is 100 Å². The zero-order chi connectivity index (χ0) is 11.5. The normalized spacial score (nSPS) is 15.4. The molecule has 2 rings (SSSR count). The molecule has 0 aromatic carbocycles. The van der Waals surface area contributed by atoms with E-state index >= 15 is 0 Å². The van der Waals surface area contributed by atoms with E-state index in [4.69, 9.17) is 17.3 Å². The van der Waals surface area contributed by atoms with E-state index in [1.165, 1.54) is 12.8 Å². The van der Waals surface area contributed by atoms with Crippen LogP contribution in [0.4, 0.5) is 11.8 Å². The van der Waals surface area contributed by atoms with Crippen LogP contribution in [-0.4, -0.2) is 41.0 Å². The molecule has 0 radical (unpaired) electrons. The molecular formula is C10H16ClN5. The molecule has 0 atom stereocenters. The summed E-state index contributed by atoms with van der Waals surface area (Å²) in [5.41, 5.74) is 5.49. The number of aromatic nitrogens is 2.